The van der Waals surface area contributed by atoms with Gasteiger partial charge >= 0.3 is 0 Å². The Morgan fingerprint density at radius 2 is 1.86 bits per heavy atom. The van der Waals surface area contributed by atoms with Crippen LogP contribution in [0.2, 0.25) is 0 Å². The van der Waals surface area contributed by atoms with E-state index in [1.807, 2.05) is 16.9 Å². The maximum atomic E-state index is 5.50. The zero-order valence-electron chi connectivity index (χ0n) is 13.5. The molecule has 0 aliphatic heterocycles. The largest absolute Gasteiger partial charge is 0.382 e. The minimum absolute atomic E-state index is 0.604. The normalized spacial score (nSPS) is 11.4. The summed E-state index contributed by atoms with van der Waals surface area (Å²) in [6.07, 6.45) is 1.99. The average molecular weight is 299 g/mol. The van der Waals surface area contributed by atoms with Crippen LogP contribution in [0.5, 0.6) is 0 Å². The fourth-order valence-corrected chi connectivity index (χ4v) is 1.73. The highest BCUT2D eigenvalue weighted by molar-refractivity contribution is 4.98. The number of nitrogens with one attached hydrogen (secondary N) is 1. The lowest BCUT2D eigenvalue weighted by molar-refractivity contribution is 0.0225. The second-order valence-corrected chi connectivity index (χ2v) is 5.31. The van der Waals surface area contributed by atoms with Crippen molar-refractivity contribution in [1.29, 1.82) is 0 Å². The Morgan fingerprint density at radius 3 is 2.57 bits per heavy atom. The summed E-state index contributed by atoms with van der Waals surface area (Å²) in [4.78, 5) is 0. The summed E-state index contributed by atoms with van der Waals surface area (Å²) in [6.45, 7) is 10.1. The fourth-order valence-electron chi connectivity index (χ4n) is 1.73. The van der Waals surface area contributed by atoms with Crippen LogP contribution in [0, 0.1) is 5.92 Å². The maximum Gasteiger partial charge on any atom is 0.0762 e. The van der Waals surface area contributed by atoms with E-state index < -0.39 is 0 Å². The Balaban J connectivity index is 2.01. The van der Waals surface area contributed by atoms with Crippen LogP contribution in [-0.4, -0.2) is 56.5 Å². The fraction of sp³-hybridized carbons (Fsp3) is 0.800. The molecule has 0 radical (unpaired) electrons. The van der Waals surface area contributed by atoms with Gasteiger partial charge in [-0.2, -0.15) is 5.10 Å². The molecule has 1 aromatic rings. The van der Waals surface area contributed by atoms with Crippen molar-refractivity contribution in [2.75, 3.05) is 46.7 Å². The van der Waals surface area contributed by atoms with Gasteiger partial charge in [0, 0.05) is 19.9 Å². The van der Waals surface area contributed by atoms with E-state index in [9.17, 15) is 0 Å². The molecule has 1 rings (SSSR count). The van der Waals surface area contributed by atoms with E-state index >= 15 is 0 Å². The Labute approximate surface area is 127 Å². The quantitative estimate of drug-likeness (QED) is 0.557. The van der Waals surface area contributed by atoms with E-state index in [4.69, 9.17) is 14.2 Å². The van der Waals surface area contributed by atoms with Gasteiger partial charge < -0.3 is 19.5 Å². The van der Waals surface area contributed by atoms with Crippen LogP contribution >= 0.6 is 0 Å². The molecule has 0 unspecified atom stereocenters. The average Bonchev–Trinajstić information content (AvgIpc) is 2.89. The minimum Gasteiger partial charge on any atom is -0.382 e. The van der Waals surface area contributed by atoms with Gasteiger partial charge in [0.1, 0.15) is 0 Å². The van der Waals surface area contributed by atoms with Crippen LogP contribution < -0.4 is 5.32 Å². The van der Waals surface area contributed by atoms with Crippen LogP contribution in [0.25, 0.3) is 0 Å². The summed E-state index contributed by atoms with van der Waals surface area (Å²) in [5, 5.41) is 7.87. The van der Waals surface area contributed by atoms with Crippen LogP contribution in [0.4, 0.5) is 0 Å². The molecule has 6 nitrogen and oxygen atoms in total. The Hall–Kier alpha value is -0.950. The van der Waals surface area contributed by atoms with Crippen LogP contribution in [0.15, 0.2) is 12.3 Å². The molecule has 0 amide bonds. The van der Waals surface area contributed by atoms with Crippen LogP contribution in [-0.2, 0) is 27.3 Å². The van der Waals surface area contributed by atoms with Gasteiger partial charge in [-0.3, -0.25) is 4.68 Å². The SMILES string of the molecule is COCCOCCOCCn1ccc(CNCC(C)C)n1. The standard InChI is InChI=1S/C15H29N3O3/c1-14(2)12-16-13-15-4-5-18(17-15)6-7-20-10-11-21-9-8-19-3/h4-5,14,16H,6-13H2,1-3H3. The molecule has 0 saturated carbocycles. The second kappa shape index (κ2) is 11.7. The lowest BCUT2D eigenvalue weighted by Gasteiger charge is -2.06. The van der Waals surface area contributed by atoms with Gasteiger partial charge in [-0.25, -0.2) is 0 Å². The molecule has 0 aliphatic rings. The molecule has 0 aromatic carbocycles. The molecule has 0 saturated heterocycles. The smallest absolute Gasteiger partial charge is 0.0762 e. The molecule has 1 heterocycles. The zero-order chi connectivity index (χ0) is 15.3. The molecule has 0 fully saturated rings. The van der Waals surface area contributed by atoms with E-state index in [2.05, 4.69) is 24.3 Å². The van der Waals surface area contributed by atoms with E-state index in [0.717, 1.165) is 25.3 Å². The molecule has 0 spiro atoms. The molecule has 1 N–H and O–H groups in total. The third-order valence-corrected chi connectivity index (χ3v) is 2.82. The highest BCUT2D eigenvalue weighted by atomic mass is 16.5. The predicted octanol–water partition coefficient (Wildman–Crippen LogP) is 1.31. The van der Waals surface area contributed by atoms with Crippen LogP contribution in [0.3, 0.4) is 0 Å². The van der Waals surface area contributed by atoms with Crippen molar-refractivity contribution in [3.05, 3.63) is 18.0 Å². The number of methoxy groups -OCH3 is 1. The van der Waals surface area contributed by atoms with E-state index in [-0.39, 0.29) is 0 Å². The van der Waals surface area contributed by atoms with Gasteiger partial charge in [0.15, 0.2) is 0 Å². The van der Waals surface area contributed by atoms with Crippen molar-refractivity contribution in [2.45, 2.75) is 26.9 Å². The number of hydrogen-bond donors (Lipinski definition) is 1. The number of ether oxygens (including phenoxy) is 3. The lowest BCUT2D eigenvalue weighted by Crippen LogP contribution is -2.19. The van der Waals surface area contributed by atoms with Gasteiger partial charge in [0.05, 0.1) is 45.3 Å². The highest BCUT2D eigenvalue weighted by Crippen LogP contribution is 1.97. The first-order valence-corrected chi connectivity index (χ1v) is 7.60. The van der Waals surface area contributed by atoms with Crippen molar-refractivity contribution in [2.24, 2.45) is 5.92 Å². The monoisotopic (exact) mass is 299 g/mol. The molecule has 122 valence electrons. The molecule has 0 atom stereocenters. The third-order valence-electron chi connectivity index (χ3n) is 2.82. The van der Waals surface area contributed by atoms with Gasteiger partial charge in [0.25, 0.3) is 0 Å². The first-order chi connectivity index (χ1) is 10.2. The lowest BCUT2D eigenvalue weighted by atomic mass is 10.2. The highest BCUT2D eigenvalue weighted by Gasteiger charge is 2.00. The third kappa shape index (κ3) is 9.57. The number of aromatic nitrogens is 2. The summed E-state index contributed by atoms with van der Waals surface area (Å²) in [5.74, 6) is 0.659. The second-order valence-electron chi connectivity index (χ2n) is 5.31. The van der Waals surface area contributed by atoms with E-state index in [1.54, 1.807) is 7.11 Å². The van der Waals surface area contributed by atoms with Gasteiger partial charge in [0.2, 0.25) is 0 Å². The molecular formula is C15H29N3O3. The molecule has 0 bridgehead atoms. The van der Waals surface area contributed by atoms with Crippen LogP contribution in [0.1, 0.15) is 19.5 Å². The summed E-state index contributed by atoms with van der Waals surface area (Å²) >= 11 is 0. The molecule has 1 aromatic heterocycles. The summed E-state index contributed by atoms with van der Waals surface area (Å²) in [5.41, 5.74) is 1.07. The zero-order valence-corrected chi connectivity index (χ0v) is 13.5. The Kier molecular flexibility index (Phi) is 10.1. The number of hydrogen-bond acceptors (Lipinski definition) is 5. The van der Waals surface area contributed by atoms with E-state index in [0.29, 0.717) is 39.0 Å². The summed E-state index contributed by atoms with van der Waals surface area (Å²) in [7, 11) is 1.66. The molecule has 0 aliphatic carbocycles. The summed E-state index contributed by atoms with van der Waals surface area (Å²) < 4.78 is 17.6. The van der Waals surface area contributed by atoms with Crippen molar-refractivity contribution >= 4 is 0 Å². The number of rotatable bonds is 13. The minimum atomic E-state index is 0.604. The Morgan fingerprint density at radius 1 is 1.14 bits per heavy atom. The first kappa shape index (κ1) is 18.1. The van der Waals surface area contributed by atoms with Gasteiger partial charge in [-0.15, -0.1) is 0 Å². The predicted molar refractivity (Wildman–Crippen MR) is 82.3 cm³/mol. The number of nitrogens with zero attached hydrogens (tertiary/aromatic N) is 2. The maximum absolute atomic E-state index is 5.50. The van der Waals surface area contributed by atoms with Gasteiger partial charge in [-0.05, 0) is 18.5 Å². The van der Waals surface area contributed by atoms with Crippen molar-refractivity contribution in [3.63, 3.8) is 0 Å². The van der Waals surface area contributed by atoms with E-state index in [1.165, 1.54) is 0 Å². The Bertz CT molecular complexity index is 356. The van der Waals surface area contributed by atoms with Crippen molar-refractivity contribution < 1.29 is 14.2 Å². The molecule has 6 heteroatoms. The molecule has 21 heavy (non-hydrogen) atoms. The first-order valence-electron chi connectivity index (χ1n) is 7.60. The van der Waals surface area contributed by atoms with Crippen molar-refractivity contribution in [1.82, 2.24) is 15.1 Å². The summed E-state index contributed by atoms with van der Waals surface area (Å²) in [6, 6.07) is 2.04. The van der Waals surface area contributed by atoms with Gasteiger partial charge in [-0.1, -0.05) is 13.8 Å². The molecular weight excluding hydrogens is 270 g/mol. The van der Waals surface area contributed by atoms with Crippen molar-refractivity contribution in [3.8, 4) is 0 Å². The topological polar surface area (TPSA) is 57.5 Å².